The fraction of sp³-hybridized carbons (Fsp3) is 0.250. The maximum atomic E-state index is 6.08. The molecule has 3 heteroatoms. The molecule has 0 radical (unpaired) electrons. The van der Waals surface area contributed by atoms with E-state index < -0.39 is 0 Å². The van der Waals surface area contributed by atoms with E-state index in [1.807, 2.05) is 42.5 Å². The van der Waals surface area contributed by atoms with E-state index in [0.29, 0.717) is 6.61 Å². The van der Waals surface area contributed by atoms with Crippen LogP contribution >= 0.6 is 12.4 Å². The van der Waals surface area contributed by atoms with Crippen LogP contribution < -0.4 is 10.5 Å². The van der Waals surface area contributed by atoms with Crippen LogP contribution in [0.4, 0.5) is 0 Å². The first-order valence-corrected chi connectivity index (χ1v) is 6.32. The second kappa shape index (κ2) is 7.82. The van der Waals surface area contributed by atoms with Crippen LogP contribution in [0.25, 0.3) is 0 Å². The molecule has 19 heavy (non-hydrogen) atoms. The lowest BCUT2D eigenvalue weighted by atomic mass is 10.0. The van der Waals surface area contributed by atoms with Gasteiger partial charge in [-0.2, -0.15) is 0 Å². The molecule has 0 saturated carbocycles. The van der Waals surface area contributed by atoms with Gasteiger partial charge < -0.3 is 10.5 Å². The van der Waals surface area contributed by atoms with Gasteiger partial charge in [0.05, 0.1) is 0 Å². The summed E-state index contributed by atoms with van der Waals surface area (Å²) in [4.78, 5) is 0. The van der Waals surface area contributed by atoms with Crippen molar-refractivity contribution >= 4 is 12.4 Å². The lowest BCUT2D eigenvalue weighted by Gasteiger charge is -2.15. The zero-order valence-electron chi connectivity index (χ0n) is 11.1. The normalized spacial score (nSPS) is 11.5. The molecule has 0 aliphatic heterocycles. The van der Waals surface area contributed by atoms with Crippen LogP contribution in [-0.4, -0.2) is 0 Å². The third-order valence-electron chi connectivity index (χ3n) is 3.00. The molecule has 0 saturated heterocycles. The summed E-state index contributed by atoms with van der Waals surface area (Å²) in [5.41, 5.74) is 8.33. The SMILES string of the molecule is CC[C@H](N)c1ccccc1OCc1ccccc1.Cl. The molecule has 0 heterocycles. The molecule has 102 valence electrons. The Bertz CT molecular complexity index is 487. The van der Waals surface area contributed by atoms with Crippen molar-refractivity contribution in [1.29, 1.82) is 0 Å². The monoisotopic (exact) mass is 277 g/mol. The van der Waals surface area contributed by atoms with Gasteiger partial charge in [-0.3, -0.25) is 0 Å². The van der Waals surface area contributed by atoms with Crippen molar-refractivity contribution in [3.63, 3.8) is 0 Å². The Morgan fingerprint density at radius 3 is 2.32 bits per heavy atom. The minimum atomic E-state index is 0. The number of benzene rings is 2. The Hall–Kier alpha value is -1.51. The summed E-state index contributed by atoms with van der Waals surface area (Å²) in [7, 11) is 0. The van der Waals surface area contributed by atoms with Gasteiger partial charge in [-0.15, -0.1) is 12.4 Å². The molecule has 0 spiro atoms. The van der Waals surface area contributed by atoms with Crippen molar-refractivity contribution in [3.05, 3.63) is 65.7 Å². The minimum absolute atomic E-state index is 0. The number of nitrogens with two attached hydrogens (primary N) is 1. The Kier molecular flexibility index (Phi) is 6.40. The highest BCUT2D eigenvalue weighted by Crippen LogP contribution is 2.26. The third kappa shape index (κ3) is 4.27. The number of ether oxygens (including phenoxy) is 1. The summed E-state index contributed by atoms with van der Waals surface area (Å²) in [6, 6.07) is 18.2. The Balaban J connectivity index is 0.00000180. The maximum absolute atomic E-state index is 6.08. The van der Waals surface area contributed by atoms with Gasteiger partial charge in [0, 0.05) is 11.6 Å². The molecule has 0 fully saturated rings. The van der Waals surface area contributed by atoms with E-state index >= 15 is 0 Å². The largest absolute Gasteiger partial charge is 0.489 e. The lowest BCUT2D eigenvalue weighted by Crippen LogP contribution is -2.10. The van der Waals surface area contributed by atoms with E-state index in [1.165, 1.54) is 0 Å². The van der Waals surface area contributed by atoms with E-state index in [-0.39, 0.29) is 18.4 Å². The highest BCUT2D eigenvalue weighted by molar-refractivity contribution is 5.85. The quantitative estimate of drug-likeness (QED) is 0.893. The summed E-state index contributed by atoms with van der Waals surface area (Å²) < 4.78 is 5.87. The summed E-state index contributed by atoms with van der Waals surface area (Å²) in [6.45, 7) is 2.66. The van der Waals surface area contributed by atoms with Crippen LogP contribution in [0, 0.1) is 0 Å². The molecule has 2 aromatic rings. The summed E-state index contributed by atoms with van der Waals surface area (Å²) in [6.07, 6.45) is 0.908. The second-order valence-electron chi connectivity index (χ2n) is 4.33. The van der Waals surface area contributed by atoms with Crippen LogP contribution in [0.1, 0.15) is 30.5 Å². The van der Waals surface area contributed by atoms with Crippen molar-refractivity contribution in [2.75, 3.05) is 0 Å². The standard InChI is InChI=1S/C16H19NO.ClH/c1-2-15(17)14-10-6-7-11-16(14)18-12-13-8-4-3-5-9-13;/h3-11,15H,2,12,17H2,1H3;1H/t15-;/m0./s1. The molecule has 2 aromatic carbocycles. The van der Waals surface area contributed by atoms with E-state index in [2.05, 4.69) is 19.1 Å². The van der Waals surface area contributed by atoms with Crippen molar-refractivity contribution in [2.45, 2.75) is 26.0 Å². The number of hydrogen-bond donors (Lipinski definition) is 1. The number of halogens is 1. The Morgan fingerprint density at radius 2 is 1.63 bits per heavy atom. The smallest absolute Gasteiger partial charge is 0.124 e. The molecule has 0 aromatic heterocycles. The highest BCUT2D eigenvalue weighted by atomic mass is 35.5. The zero-order chi connectivity index (χ0) is 12.8. The number of rotatable bonds is 5. The fourth-order valence-corrected chi connectivity index (χ4v) is 1.87. The van der Waals surface area contributed by atoms with Crippen molar-refractivity contribution in [3.8, 4) is 5.75 Å². The van der Waals surface area contributed by atoms with Crippen LogP contribution in [0.3, 0.4) is 0 Å². The van der Waals surface area contributed by atoms with Gasteiger partial charge in [-0.1, -0.05) is 55.5 Å². The van der Waals surface area contributed by atoms with Crippen LogP contribution in [0.15, 0.2) is 54.6 Å². The predicted octanol–water partition coefficient (Wildman–Crippen LogP) is 4.10. The van der Waals surface area contributed by atoms with Crippen LogP contribution in [-0.2, 0) is 6.61 Å². The first kappa shape index (κ1) is 15.5. The first-order valence-electron chi connectivity index (χ1n) is 6.32. The zero-order valence-corrected chi connectivity index (χ0v) is 11.9. The van der Waals surface area contributed by atoms with Gasteiger partial charge in [0.25, 0.3) is 0 Å². The highest BCUT2D eigenvalue weighted by Gasteiger charge is 2.09. The Labute approximate surface area is 121 Å². The van der Waals surface area contributed by atoms with Gasteiger partial charge >= 0.3 is 0 Å². The molecular weight excluding hydrogens is 258 g/mol. The maximum Gasteiger partial charge on any atom is 0.124 e. The average molecular weight is 278 g/mol. The molecule has 0 amide bonds. The molecule has 0 bridgehead atoms. The molecule has 0 unspecified atom stereocenters. The number of para-hydroxylation sites is 1. The summed E-state index contributed by atoms with van der Waals surface area (Å²) in [5.74, 6) is 0.885. The molecule has 2 rings (SSSR count). The molecule has 2 N–H and O–H groups in total. The molecule has 0 aliphatic rings. The van der Waals surface area contributed by atoms with Crippen molar-refractivity contribution < 1.29 is 4.74 Å². The van der Waals surface area contributed by atoms with Gasteiger partial charge in [-0.25, -0.2) is 0 Å². The van der Waals surface area contributed by atoms with E-state index in [9.17, 15) is 0 Å². The Morgan fingerprint density at radius 1 is 1.00 bits per heavy atom. The first-order chi connectivity index (χ1) is 8.81. The van der Waals surface area contributed by atoms with Gasteiger partial charge in [-0.05, 0) is 18.1 Å². The lowest BCUT2D eigenvalue weighted by molar-refractivity contribution is 0.300. The molecular formula is C16H20ClNO. The van der Waals surface area contributed by atoms with Gasteiger partial charge in [0.15, 0.2) is 0 Å². The fourth-order valence-electron chi connectivity index (χ4n) is 1.87. The van der Waals surface area contributed by atoms with Crippen LogP contribution in [0.5, 0.6) is 5.75 Å². The minimum Gasteiger partial charge on any atom is -0.489 e. The predicted molar refractivity (Wildman–Crippen MR) is 81.7 cm³/mol. The molecule has 0 aliphatic carbocycles. The van der Waals surface area contributed by atoms with E-state index in [0.717, 1.165) is 23.3 Å². The van der Waals surface area contributed by atoms with Gasteiger partial charge in [0.2, 0.25) is 0 Å². The topological polar surface area (TPSA) is 35.2 Å². The number of hydrogen-bond acceptors (Lipinski definition) is 2. The third-order valence-corrected chi connectivity index (χ3v) is 3.00. The molecule has 2 nitrogen and oxygen atoms in total. The van der Waals surface area contributed by atoms with Crippen LogP contribution in [0.2, 0.25) is 0 Å². The summed E-state index contributed by atoms with van der Waals surface area (Å²) in [5, 5.41) is 0. The van der Waals surface area contributed by atoms with Gasteiger partial charge in [0.1, 0.15) is 12.4 Å². The van der Waals surface area contributed by atoms with Crippen molar-refractivity contribution in [2.24, 2.45) is 5.73 Å². The second-order valence-corrected chi connectivity index (χ2v) is 4.33. The molecule has 1 atom stereocenters. The van der Waals surface area contributed by atoms with Crippen molar-refractivity contribution in [1.82, 2.24) is 0 Å². The van der Waals surface area contributed by atoms with E-state index in [4.69, 9.17) is 10.5 Å². The van der Waals surface area contributed by atoms with E-state index in [1.54, 1.807) is 0 Å². The summed E-state index contributed by atoms with van der Waals surface area (Å²) >= 11 is 0. The average Bonchev–Trinajstić information content (AvgIpc) is 2.45.